The topological polar surface area (TPSA) is 163 Å². The molecular formula is C20H20N8O6. The molecule has 1 unspecified atom stereocenters. The van der Waals surface area contributed by atoms with Crippen molar-refractivity contribution in [1.82, 2.24) is 29.8 Å². The van der Waals surface area contributed by atoms with Gasteiger partial charge in [-0.2, -0.15) is 4.98 Å². The fraction of sp³-hybridized carbons (Fsp3) is 0.350. The predicted molar refractivity (Wildman–Crippen MR) is 117 cm³/mol. The highest BCUT2D eigenvalue weighted by Gasteiger charge is 2.34. The molecule has 3 aromatic heterocycles. The Morgan fingerprint density at radius 3 is 2.97 bits per heavy atom. The zero-order chi connectivity index (χ0) is 23.7. The third-order valence-corrected chi connectivity index (χ3v) is 5.17. The molecule has 14 nitrogen and oxygen atoms in total. The zero-order valence-electron chi connectivity index (χ0n) is 18.1. The van der Waals surface area contributed by atoms with Crippen molar-refractivity contribution >= 4 is 34.8 Å². The van der Waals surface area contributed by atoms with Crippen LogP contribution in [-0.4, -0.2) is 75.5 Å². The van der Waals surface area contributed by atoms with Crippen LogP contribution in [0.2, 0.25) is 0 Å². The number of rotatable bonds is 7. The Hall–Kier alpha value is -4.33. The molecule has 0 saturated carbocycles. The molecule has 34 heavy (non-hydrogen) atoms. The summed E-state index contributed by atoms with van der Waals surface area (Å²) in [5.41, 5.74) is 0.782. The number of pyridine rings is 1. The van der Waals surface area contributed by atoms with E-state index in [1.807, 2.05) is 0 Å². The molecule has 2 aliphatic heterocycles. The fourth-order valence-electron chi connectivity index (χ4n) is 3.46. The van der Waals surface area contributed by atoms with Crippen molar-refractivity contribution in [3.8, 4) is 11.8 Å². The summed E-state index contributed by atoms with van der Waals surface area (Å²) in [6.45, 7) is 1.32. The molecule has 14 heteroatoms. The number of ether oxygens (including phenoxy) is 3. The molecule has 2 aliphatic rings. The van der Waals surface area contributed by atoms with Gasteiger partial charge in [0.2, 0.25) is 5.88 Å². The van der Waals surface area contributed by atoms with Crippen molar-refractivity contribution in [2.75, 3.05) is 43.1 Å². The second kappa shape index (κ2) is 8.90. The Labute approximate surface area is 191 Å². The van der Waals surface area contributed by atoms with Crippen LogP contribution in [0.25, 0.3) is 11.2 Å². The summed E-state index contributed by atoms with van der Waals surface area (Å²) in [4.78, 5) is 53.5. The zero-order valence-corrected chi connectivity index (χ0v) is 18.1. The lowest BCUT2D eigenvalue weighted by molar-refractivity contribution is -0.118. The molecule has 176 valence electrons. The summed E-state index contributed by atoms with van der Waals surface area (Å²) in [5.74, 6) is 0.656. The van der Waals surface area contributed by atoms with Gasteiger partial charge >= 0.3 is 6.09 Å². The smallest absolute Gasteiger partial charge is 0.416 e. The maximum absolute atomic E-state index is 12.3. The number of carbonyl (C=O) groups is 2. The van der Waals surface area contributed by atoms with Crippen molar-refractivity contribution in [3.63, 3.8) is 0 Å². The summed E-state index contributed by atoms with van der Waals surface area (Å²) in [5, 5.41) is 5.73. The number of nitrogens with one attached hydrogen (secondary N) is 2. The number of cyclic esters (lactones) is 1. The molecular weight excluding hydrogens is 448 g/mol. The summed E-state index contributed by atoms with van der Waals surface area (Å²) in [7, 11) is 1.62. The van der Waals surface area contributed by atoms with E-state index in [0.717, 1.165) is 0 Å². The van der Waals surface area contributed by atoms with Crippen molar-refractivity contribution in [2.24, 2.45) is 7.05 Å². The molecule has 0 aliphatic carbocycles. The Bertz CT molecular complexity index is 1330. The molecule has 0 spiro atoms. The quantitative estimate of drug-likeness (QED) is 0.428. The molecule has 2 amide bonds. The largest absolute Gasteiger partial charge is 0.476 e. The number of hydrogen-bond acceptors (Lipinski definition) is 11. The number of carbonyl (C=O) groups excluding carboxylic acids is 2. The maximum Gasteiger partial charge on any atom is 0.416 e. The number of amides is 2. The standard InChI is InChI=1S/C20H20N8O6/c1-27-16(30)8-22-12-2-3-15(26-18(12)27)32-5-4-21-6-11-9-28(20(31)34-11)13-7-23-19-17(24-13)25-14(29)10-33-19/h2-3,7-8,11,21H,4-6,9-10H2,1H3,(H,24,25,29). The van der Waals surface area contributed by atoms with E-state index in [4.69, 9.17) is 14.2 Å². The van der Waals surface area contributed by atoms with E-state index in [2.05, 4.69) is 30.6 Å². The molecule has 1 saturated heterocycles. The summed E-state index contributed by atoms with van der Waals surface area (Å²) >= 11 is 0. The highest BCUT2D eigenvalue weighted by molar-refractivity contribution is 5.94. The SMILES string of the molecule is Cn1c(=O)cnc2ccc(OCCNCC3CN(c4cnc5c(n4)NC(=O)CO5)C(=O)O3)nc21. The van der Waals surface area contributed by atoms with Crippen molar-refractivity contribution in [2.45, 2.75) is 6.10 Å². The van der Waals surface area contributed by atoms with Crippen LogP contribution in [0.4, 0.5) is 16.4 Å². The summed E-state index contributed by atoms with van der Waals surface area (Å²) in [6.07, 6.45) is 1.68. The van der Waals surface area contributed by atoms with E-state index in [1.54, 1.807) is 19.2 Å². The van der Waals surface area contributed by atoms with Gasteiger partial charge in [0.15, 0.2) is 23.9 Å². The third kappa shape index (κ3) is 4.30. The van der Waals surface area contributed by atoms with Crippen LogP contribution >= 0.6 is 0 Å². The van der Waals surface area contributed by atoms with E-state index in [0.29, 0.717) is 36.7 Å². The van der Waals surface area contributed by atoms with Crippen molar-refractivity contribution < 1.29 is 23.8 Å². The molecule has 0 radical (unpaired) electrons. The molecule has 5 rings (SSSR count). The van der Waals surface area contributed by atoms with Gasteiger partial charge in [-0.25, -0.2) is 19.7 Å². The van der Waals surface area contributed by atoms with Gasteiger partial charge in [0.25, 0.3) is 17.3 Å². The first-order valence-electron chi connectivity index (χ1n) is 10.4. The highest BCUT2D eigenvalue weighted by atomic mass is 16.6. The minimum Gasteiger partial charge on any atom is -0.476 e. The van der Waals surface area contributed by atoms with Crippen LogP contribution in [0, 0.1) is 0 Å². The van der Waals surface area contributed by atoms with Crippen LogP contribution in [0.1, 0.15) is 0 Å². The molecule has 2 N–H and O–H groups in total. The van der Waals surface area contributed by atoms with Crippen LogP contribution in [0.3, 0.4) is 0 Å². The van der Waals surface area contributed by atoms with Gasteiger partial charge in [-0.3, -0.25) is 19.1 Å². The summed E-state index contributed by atoms with van der Waals surface area (Å²) in [6, 6.07) is 3.42. The van der Waals surface area contributed by atoms with Gasteiger partial charge in [-0.05, 0) is 6.07 Å². The number of aryl methyl sites for hydroxylation is 1. The average Bonchev–Trinajstić information content (AvgIpc) is 3.21. The van der Waals surface area contributed by atoms with E-state index < -0.39 is 12.2 Å². The van der Waals surface area contributed by atoms with Gasteiger partial charge in [-0.15, -0.1) is 0 Å². The van der Waals surface area contributed by atoms with E-state index in [1.165, 1.54) is 21.9 Å². The molecule has 1 fully saturated rings. The Morgan fingerprint density at radius 2 is 2.09 bits per heavy atom. The van der Waals surface area contributed by atoms with Crippen LogP contribution in [0.5, 0.6) is 11.8 Å². The van der Waals surface area contributed by atoms with Gasteiger partial charge in [0, 0.05) is 26.2 Å². The van der Waals surface area contributed by atoms with E-state index in [9.17, 15) is 14.4 Å². The third-order valence-electron chi connectivity index (χ3n) is 5.17. The normalized spacial score (nSPS) is 17.2. The number of fused-ring (bicyclic) bond motifs is 2. The summed E-state index contributed by atoms with van der Waals surface area (Å²) < 4.78 is 17.6. The highest BCUT2D eigenvalue weighted by Crippen LogP contribution is 2.27. The predicted octanol–water partition coefficient (Wildman–Crippen LogP) is -0.557. The first-order chi connectivity index (χ1) is 16.5. The number of nitrogens with zero attached hydrogens (tertiary/aromatic N) is 6. The molecule has 0 aromatic carbocycles. The van der Waals surface area contributed by atoms with Gasteiger partial charge in [0.1, 0.15) is 18.2 Å². The monoisotopic (exact) mass is 468 g/mol. The first-order valence-corrected chi connectivity index (χ1v) is 10.4. The lowest BCUT2D eigenvalue weighted by Gasteiger charge is -2.18. The average molecular weight is 468 g/mol. The number of hydrogen-bond donors (Lipinski definition) is 2. The van der Waals surface area contributed by atoms with Crippen LogP contribution in [0.15, 0.2) is 29.3 Å². The fourth-order valence-corrected chi connectivity index (χ4v) is 3.46. The van der Waals surface area contributed by atoms with E-state index in [-0.39, 0.29) is 42.1 Å². The maximum atomic E-state index is 12.3. The first kappa shape index (κ1) is 21.5. The number of anilines is 2. The van der Waals surface area contributed by atoms with Crippen LogP contribution in [-0.2, 0) is 16.6 Å². The Balaban J connectivity index is 1.11. The second-order valence-corrected chi connectivity index (χ2v) is 7.54. The lowest BCUT2D eigenvalue weighted by atomic mass is 10.3. The van der Waals surface area contributed by atoms with E-state index >= 15 is 0 Å². The molecule has 1 atom stereocenters. The Kier molecular flexibility index (Phi) is 5.63. The Morgan fingerprint density at radius 1 is 1.21 bits per heavy atom. The number of aromatic nitrogens is 5. The van der Waals surface area contributed by atoms with Crippen molar-refractivity contribution in [3.05, 3.63) is 34.9 Å². The van der Waals surface area contributed by atoms with Crippen LogP contribution < -0.4 is 30.6 Å². The lowest BCUT2D eigenvalue weighted by Crippen LogP contribution is -2.33. The van der Waals surface area contributed by atoms with Gasteiger partial charge in [-0.1, -0.05) is 0 Å². The second-order valence-electron chi connectivity index (χ2n) is 7.54. The van der Waals surface area contributed by atoms with Gasteiger partial charge in [0.05, 0.1) is 18.9 Å². The minimum atomic E-state index is -0.556. The molecule has 3 aromatic rings. The van der Waals surface area contributed by atoms with Crippen molar-refractivity contribution in [1.29, 1.82) is 0 Å². The molecule has 0 bridgehead atoms. The molecule has 5 heterocycles. The van der Waals surface area contributed by atoms with Gasteiger partial charge < -0.3 is 24.8 Å². The minimum absolute atomic E-state index is 0.127.